The van der Waals surface area contributed by atoms with Gasteiger partial charge in [-0.2, -0.15) is 5.26 Å². The molecule has 4 atom stereocenters. The van der Waals surface area contributed by atoms with Gasteiger partial charge in [0.15, 0.2) is 6.10 Å². The Balaban J connectivity index is 1.96. The Kier molecular flexibility index (Phi) is 5.43. The number of carbonyl (C=O) groups is 1. The summed E-state index contributed by atoms with van der Waals surface area (Å²) < 4.78 is 5.67. The molecule has 1 aliphatic carbocycles. The van der Waals surface area contributed by atoms with Crippen molar-refractivity contribution in [1.82, 2.24) is 5.32 Å². The largest absolute Gasteiger partial charge is 0.480 e. The van der Waals surface area contributed by atoms with Gasteiger partial charge in [0, 0.05) is 6.04 Å². The van der Waals surface area contributed by atoms with Gasteiger partial charge < -0.3 is 10.1 Å². The van der Waals surface area contributed by atoms with Crippen molar-refractivity contribution in [2.45, 2.75) is 52.2 Å². The van der Waals surface area contributed by atoms with Gasteiger partial charge in [0.05, 0.1) is 5.56 Å². The molecule has 2 rings (SSSR count). The molecular formula is C18H24N2O2. The average Bonchev–Trinajstić information content (AvgIpc) is 2.52. The van der Waals surface area contributed by atoms with Crippen LogP contribution in [0, 0.1) is 23.2 Å². The van der Waals surface area contributed by atoms with E-state index in [4.69, 9.17) is 10.00 Å². The van der Waals surface area contributed by atoms with Crippen molar-refractivity contribution < 1.29 is 9.53 Å². The first-order valence-electron chi connectivity index (χ1n) is 7.99. The lowest BCUT2D eigenvalue weighted by Gasteiger charge is -2.35. The van der Waals surface area contributed by atoms with Gasteiger partial charge >= 0.3 is 0 Å². The molecule has 4 heteroatoms. The molecular weight excluding hydrogens is 276 g/mol. The Morgan fingerprint density at radius 3 is 2.82 bits per heavy atom. The van der Waals surface area contributed by atoms with Crippen LogP contribution in [0.15, 0.2) is 24.3 Å². The summed E-state index contributed by atoms with van der Waals surface area (Å²) in [5.74, 6) is 1.46. The number of benzene rings is 1. The summed E-state index contributed by atoms with van der Waals surface area (Å²) >= 11 is 0. The monoisotopic (exact) mass is 300 g/mol. The Bertz CT molecular complexity index is 564. The number of carbonyl (C=O) groups excluding carboxylic acids is 1. The molecule has 0 saturated heterocycles. The molecule has 1 aromatic carbocycles. The van der Waals surface area contributed by atoms with Gasteiger partial charge in [-0.05, 0) is 37.3 Å². The molecule has 1 aromatic rings. The number of hydrogen-bond donors (Lipinski definition) is 1. The van der Waals surface area contributed by atoms with Crippen molar-refractivity contribution in [3.8, 4) is 11.8 Å². The minimum absolute atomic E-state index is 0.112. The van der Waals surface area contributed by atoms with Gasteiger partial charge in [0.2, 0.25) is 0 Å². The summed E-state index contributed by atoms with van der Waals surface area (Å²) in [5.41, 5.74) is 0.446. The van der Waals surface area contributed by atoms with Crippen molar-refractivity contribution in [1.29, 1.82) is 5.26 Å². The second kappa shape index (κ2) is 7.31. The van der Waals surface area contributed by atoms with Crippen LogP contribution in [0.3, 0.4) is 0 Å². The molecule has 1 saturated carbocycles. The van der Waals surface area contributed by atoms with Crippen LogP contribution < -0.4 is 10.1 Å². The number of para-hydroxylation sites is 1. The SMILES string of the molecule is CC(Oc1ccccc1C#N)C(=O)NC1CCCC(C)C1C. The lowest BCUT2D eigenvalue weighted by molar-refractivity contribution is -0.128. The molecule has 1 amide bonds. The lowest BCUT2D eigenvalue weighted by Crippen LogP contribution is -2.48. The van der Waals surface area contributed by atoms with E-state index < -0.39 is 6.10 Å². The van der Waals surface area contributed by atoms with Crippen LogP contribution in [0.25, 0.3) is 0 Å². The highest BCUT2D eigenvalue weighted by atomic mass is 16.5. The quantitative estimate of drug-likeness (QED) is 0.928. The van der Waals surface area contributed by atoms with Crippen molar-refractivity contribution >= 4 is 5.91 Å². The van der Waals surface area contributed by atoms with Crippen LogP contribution in [0.1, 0.15) is 45.6 Å². The van der Waals surface area contributed by atoms with Crippen LogP contribution in [0.5, 0.6) is 5.75 Å². The molecule has 4 nitrogen and oxygen atoms in total. The van der Waals surface area contributed by atoms with E-state index in [1.807, 2.05) is 0 Å². The number of nitrogens with zero attached hydrogens (tertiary/aromatic N) is 1. The Hall–Kier alpha value is -2.02. The molecule has 22 heavy (non-hydrogen) atoms. The molecule has 4 unspecified atom stereocenters. The maximum atomic E-state index is 12.3. The number of nitriles is 1. The van der Waals surface area contributed by atoms with Crippen molar-refractivity contribution in [2.75, 3.05) is 0 Å². The average molecular weight is 300 g/mol. The molecule has 0 aliphatic heterocycles. The topological polar surface area (TPSA) is 62.1 Å². The summed E-state index contributed by atoms with van der Waals surface area (Å²) in [4.78, 5) is 12.3. The van der Waals surface area contributed by atoms with Gasteiger partial charge in [0.25, 0.3) is 5.91 Å². The minimum Gasteiger partial charge on any atom is -0.480 e. The van der Waals surface area contributed by atoms with Crippen LogP contribution >= 0.6 is 0 Å². The van der Waals surface area contributed by atoms with E-state index in [1.165, 1.54) is 6.42 Å². The summed E-state index contributed by atoms with van der Waals surface area (Å²) in [5, 5.41) is 12.2. The molecule has 1 N–H and O–H groups in total. The van der Waals surface area contributed by atoms with E-state index >= 15 is 0 Å². The van der Waals surface area contributed by atoms with Crippen LogP contribution in [0.2, 0.25) is 0 Å². The van der Waals surface area contributed by atoms with E-state index in [1.54, 1.807) is 31.2 Å². The van der Waals surface area contributed by atoms with Crippen LogP contribution in [0.4, 0.5) is 0 Å². The fourth-order valence-corrected chi connectivity index (χ4v) is 2.99. The fraction of sp³-hybridized carbons (Fsp3) is 0.556. The molecule has 1 fully saturated rings. The third-order valence-corrected chi connectivity index (χ3v) is 4.71. The number of hydrogen-bond acceptors (Lipinski definition) is 3. The molecule has 0 bridgehead atoms. The number of rotatable bonds is 4. The first kappa shape index (κ1) is 16.4. The molecule has 1 aliphatic rings. The molecule has 118 valence electrons. The van der Waals surface area contributed by atoms with E-state index in [-0.39, 0.29) is 11.9 Å². The van der Waals surface area contributed by atoms with Gasteiger partial charge in [-0.25, -0.2) is 0 Å². The maximum Gasteiger partial charge on any atom is 0.261 e. The summed E-state index contributed by atoms with van der Waals surface area (Å²) in [6, 6.07) is 9.27. The van der Waals surface area contributed by atoms with Crippen molar-refractivity contribution in [3.05, 3.63) is 29.8 Å². The zero-order valence-corrected chi connectivity index (χ0v) is 13.5. The Morgan fingerprint density at radius 1 is 1.36 bits per heavy atom. The van der Waals surface area contributed by atoms with Gasteiger partial charge in [-0.15, -0.1) is 0 Å². The van der Waals surface area contributed by atoms with Crippen molar-refractivity contribution in [2.24, 2.45) is 11.8 Å². The zero-order chi connectivity index (χ0) is 16.1. The smallest absolute Gasteiger partial charge is 0.261 e. The molecule has 0 aromatic heterocycles. The second-order valence-corrected chi connectivity index (χ2v) is 6.25. The normalized spacial score (nSPS) is 25.8. The summed E-state index contributed by atoms with van der Waals surface area (Å²) in [6.07, 6.45) is 2.80. The standard InChI is InChI=1S/C18H24N2O2/c1-12-7-6-9-16(13(12)2)20-18(21)14(3)22-17-10-5-4-8-15(17)11-19/h4-5,8,10,12-14,16H,6-7,9H2,1-3H3,(H,20,21). The zero-order valence-electron chi connectivity index (χ0n) is 13.5. The highest BCUT2D eigenvalue weighted by Crippen LogP contribution is 2.29. The lowest BCUT2D eigenvalue weighted by atomic mass is 9.78. The third kappa shape index (κ3) is 3.79. The summed E-state index contributed by atoms with van der Waals surface area (Å²) in [6.45, 7) is 6.16. The number of amides is 1. The number of ether oxygens (including phenoxy) is 1. The predicted octanol–water partition coefficient (Wildman–Crippen LogP) is 3.27. The maximum absolute atomic E-state index is 12.3. The van der Waals surface area contributed by atoms with Gasteiger partial charge in [0.1, 0.15) is 11.8 Å². The van der Waals surface area contributed by atoms with Crippen LogP contribution in [-0.2, 0) is 4.79 Å². The minimum atomic E-state index is -0.612. The van der Waals surface area contributed by atoms with Gasteiger partial charge in [-0.3, -0.25) is 4.79 Å². The molecule has 0 radical (unpaired) electrons. The summed E-state index contributed by atoms with van der Waals surface area (Å²) in [7, 11) is 0. The Labute approximate surface area is 132 Å². The van der Waals surface area contributed by atoms with Gasteiger partial charge in [-0.1, -0.05) is 38.8 Å². The highest BCUT2D eigenvalue weighted by molar-refractivity contribution is 5.81. The van der Waals surface area contributed by atoms with E-state index in [9.17, 15) is 4.79 Å². The second-order valence-electron chi connectivity index (χ2n) is 6.25. The van der Waals surface area contributed by atoms with E-state index in [0.717, 1.165) is 12.8 Å². The first-order valence-corrected chi connectivity index (χ1v) is 7.99. The van der Waals surface area contributed by atoms with E-state index in [2.05, 4.69) is 25.2 Å². The number of nitrogens with one attached hydrogen (secondary N) is 1. The van der Waals surface area contributed by atoms with E-state index in [0.29, 0.717) is 23.1 Å². The predicted molar refractivity (Wildman–Crippen MR) is 85.4 cm³/mol. The third-order valence-electron chi connectivity index (χ3n) is 4.71. The Morgan fingerprint density at radius 2 is 2.09 bits per heavy atom. The molecule has 0 heterocycles. The van der Waals surface area contributed by atoms with Crippen molar-refractivity contribution in [3.63, 3.8) is 0 Å². The highest BCUT2D eigenvalue weighted by Gasteiger charge is 2.29. The van der Waals surface area contributed by atoms with Crippen LogP contribution in [-0.4, -0.2) is 18.1 Å². The molecule has 0 spiro atoms. The fourth-order valence-electron chi connectivity index (χ4n) is 2.99. The first-order chi connectivity index (χ1) is 10.5.